The topological polar surface area (TPSA) is 25.2 Å². The molecule has 1 aromatic heterocycles. The Hall–Kier alpha value is -3.00. The van der Waals surface area contributed by atoms with Crippen molar-refractivity contribution in [2.45, 2.75) is 0 Å². The fourth-order valence-electron chi connectivity index (χ4n) is 2.53. The number of furan rings is 1. The number of anilines is 2. The Kier molecular flexibility index (Phi) is 3.13. The van der Waals surface area contributed by atoms with E-state index in [9.17, 15) is 0 Å². The molecule has 1 N–H and O–H groups in total. The van der Waals surface area contributed by atoms with Gasteiger partial charge in [-0.05, 0) is 48.5 Å². The quantitative estimate of drug-likeness (QED) is 0.511. The van der Waals surface area contributed by atoms with Crippen LogP contribution in [-0.2, 0) is 0 Å². The van der Waals surface area contributed by atoms with Crippen LogP contribution in [0.15, 0.2) is 89.3 Å². The third-order valence-electron chi connectivity index (χ3n) is 3.66. The fourth-order valence-corrected chi connectivity index (χ4v) is 2.53. The van der Waals surface area contributed by atoms with E-state index in [1.807, 2.05) is 48.5 Å². The van der Waals surface area contributed by atoms with Crippen LogP contribution in [0.1, 0.15) is 0 Å². The first-order valence-electron chi connectivity index (χ1n) is 7.29. The monoisotopic (exact) mass is 285 g/mol. The van der Waals surface area contributed by atoms with E-state index in [2.05, 4.69) is 41.7 Å². The molecule has 0 atom stereocenters. The lowest BCUT2D eigenvalue weighted by molar-refractivity contribution is 0.631. The summed E-state index contributed by atoms with van der Waals surface area (Å²) in [5.74, 6) is 0.896. The van der Waals surface area contributed by atoms with Gasteiger partial charge in [0.05, 0.1) is 0 Å². The van der Waals surface area contributed by atoms with Crippen molar-refractivity contribution in [2.75, 3.05) is 5.32 Å². The maximum Gasteiger partial charge on any atom is 0.135 e. The van der Waals surface area contributed by atoms with Gasteiger partial charge in [-0.15, -0.1) is 0 Å². The highest BCUT2D eigenvalue weighted by Gasteiger charge is 2.05. The number of fused-ring (bicyclic) bond motifs is 1. The second kappa shape index (κ2) is 5.41. The Morgan fingerprint density at radius 2 is 1.32 bits per heavy atom. The standard InChI is InChI=1S/C20H15NO/c1-2-7-17(8-3-1)21-18-12-10-15(11-13-18)20-14-16-6-4-5-9-19(16)22-20/h1-14,21H. The summed E-state index contributed by atoms with van der Waals surface area (Å²) in [6.07, 6.45) is 0. The zero-order valence-electron chi connectivity index (χ0n) is 12.0. The van der Waals surface area contributed by atoms with Gasteiger partial charge in [-0.3, -0.25) is 0 Å². The SMILES string of the molecule is c1ccc(Nc2ccc(-c3cc4ccccc4o3)cc2)cc1. The molecule has 2 nitrogen and oxygen atoms in total. The number of para-hydroxylation sites is 2. The molecule has 0 bridgehead atoms. The van der Waals surface area contributed by atoms with Gasteiger partial charge >= 0.3 is 0 Å². The molecular formula is C20H15NO. The number of nitrogens with one attached hydrogen (secondary N) is 1. The van der Waals surface area contributed by atoms with Crippen LogP contribution in [0.3, 0.4) is 0 Å². The summed E-state index contributed by atoms with van der Waals surface area (Å²) >= 11 is 0. The first-order valence-corrected chi connectivity index (χ1v) is 7.29. The predicted octanol–water partition coefficient (Wildman–Crippen LogP) is 5.84. The lowest BCUT2D eigenvalue weighted by atomic mass is 10.1. The van der Waals surface area contributed by atoms with Crippen molar-refractivity contribution in [1.82, 2.24) is 0 Å². The molecule has 4 aromatic rings. The summed E-state index contributed by atoms with van der Waals surface area (Å²) < 4.78 is 5.89. The molecule has 2 heteroatoms. The molecule has 4 rings (SSSR count). The maximum atomic E-state index is 5.89. The summed E-state index contributed by atoms with van der Waals surface area (Å²) in [4.78, 5) is 0. The molecule has 0 spiro atoms. The highest BCUT2D eigenvalue weighted by molar-refractivity contribution is 5.83. The molecule has 3 aromatic carbocycles. The Bertz CT molecular complexity index is 859. The Morgan fingerprint density at radius 1 is 0.636 bits per heavy atom. The van der Waals surface area contributed by atoms with E-state index >= 15 is 0 Å². The summed E-state index contributed by atoms with van der Waals surface area (Å²) in [5.41, 5.74) is 4.14. The largest absolute Gasteiger partial charge is 0.456 e. The molecule has 0 fully saturated rings. The van der Waals surface area contributed by atoms with Crippen LogP contribution in [0.25, 0.3) is 22.3 Å². The van der Waals surface area contributed by atoms with Crippen molar-refractivity contribution >= 4 is 22.3 Å². The zero-order valence-corrected chi connectivity index (χ0v) is 12.0. The number of rotatable bonds is 3. The molecule has 22 heavy (non-hydrogen) atoms. The van der Waals surface area contributed by atoms with E-state index in [0.717, 1.165) is 33.7 Å². The van der Waals surface area contributed by atoms with Crippen molar-refractivity contribution in [3.63, 3.8) is 0 Å². The minimum Gasteiger partial charge on any atom is -0.456 e. The van der Waals surface area contributed by atoms with Gasteiger partial charge in [0.1, 0.15) is 11.3 Å². The van der Waals surface area contributed by atoms with E-state index in [-0.39, 0.29) is 0 Å². The molecule has 106 valence electrons. The van der Waals surface area contributed by atoms with Crippen LogP contribution in [0, 0.1) is 0 Å². The van der Waals surface area contributed by atoms with Crippen LogP contribution in [0.2, 0.25) is 0 Å². The first-order chi connectivity index (χ1) is 10.9. The van der Waals surface area contributed by atoms with Crippen molar-refractivity contribution in [1.29, 1.82) is 0 Å². The van der Waals surface area contributed by atoms with E-state index in [0.29, 0.717) is 0 Å². The third kappa shape index (κ3) is 2.47. The van der Waals surface area contributed by atoms with E-state index in [1.165, 1.54) is 0 Å². The third-order valence-corrected chi connectivity index (χ3v) is 3.66. The molecule has 1 heterocycles. The zero-order chi connectivity index (χ0) is 14.8. The summed E-state index contributed by atoms with van der Waals surface area (Å²) in [7, 11) is 0. The lowest BCUT2D eigenvalue weighted by Crippen LogP contribution is -1.89. The molecule has 0 saturated heterocycles. The lowest BCUT2D eigenvalue weighted by Gasteiger charge is -2.06. The second-order valence-corrected chi connectivity index (χ2v) is 5.22. The van der Waals surface area contributed by atoms with Crippen molar-refractivity contribution < 1.29 is 4.42 Å². The highest BCUT2D eigenvalue weighted by atomic mass is 16.3. The van der Waals surface area contributed by atoms with Crippen LogP contribution in [0.4, 0.5) is 11.4 Å². The molecule has 0 aliphatic carbocycles. The Morgan fingerprint density at radius 3 is 2.09 bits per heavy atom. The van der Waals surface area contributed by atoms with Gasteiger partial charge in [0.25, 0.3) is 0 Å². The van der Waals surface area contributed by atoms with Crippen LogP contribution >= 0.6 is 0 Å². The van der Waals surface area contributed by atoms with Crippen LogP contribution < -0.4 is 5.32 Å². The molecule has 0 radical (unpaired) electrons. The van der Waals surface area contributed by atoms with Gasteiger partial charge in [-0.2, -0.15) is 0 Å². The average Bonchev–Trinajstić information content (AvgIpc) is 3.00. The minimum absolute atomic E-state index is 0.896. The molecule has 0 aliphatic heterocycles. The van der Waals surface area contributed by atoms with Crippen molar-refractivity contribution in [3.8, 4) is 11.3 Å². The van der Waals surface area contributed by atoms with Gasteiger partial charge in [0, 0.05) is 22.3 Å². The second-order valence-electron chi connectivity index (χ2n) is 5.22. The first kappa shape index (κ1) is 12.7. The average molecular weight is 285 g/mol. The van der Waals surface area contributed by atoms with Gasteiger partial charge < -0.3 is 9.73 Å². The summed E-state index contributed by atoms with van der Waals surface area (Å²) in [6.45, 7) is 0. The van der Waals surface area contributed by atoms with Gasteiger partial charge in [-0.25, -0.2) is 0 Å². The minimum atomic E-state index is 0.896. The Labute approximate surface area is 129 Å². The van der Waals surface area contributed by atoms with E-state index < -0.39 is 0 Å². The molecular weight excluding hydrogens is 270 g/mol. The smallest absolute Gasteiger partial charge is 0.135 e. The van der Waals surface area contributed by atoms with Crippen molar-refractivity contribution in [2.24, 2.45) is 0 Å². The maximum absolute atomic E-state index is 5.89. The molecule has 0 aliphatic rings. The molecule has 0 saturated carbocycles. The molecule has 0 unspecified atom stereocenters. The van der Waals surface area contributed by atoms with Gasteiger partial charge in [-0.1, -0.05) is 36.4 Å². The van der Waals surface area contributed by atoms with Gasteiger partial charge in [0.15, 0.2) is 0 Å². The number of benzene rings is 3. The summed E-state index contributed by atoms with van der Waals surface area (Å²) in [5, 5.41) is 4.51. The predicted molar refractivity (Wildman–Crippen MR) is 91.4 cm³/mol. The summed E-state index contributed by atoms with van der Waals surface area (Å²) in [6, 6.07) is 28.6. The normalized spacial score (nSPS) is 10.7. The van der Waals surface area contributed by atoms with Crippen molar-refractivity contribution in [3.05, 3.63) is 84.9 Å². The van der Waals surface area contributed by atoms with Crippen LogP contribution in [0.5, 0.6) is 0 Å². The molecule has 0 amide bonds. The number of hydrogen-bond donors (Lipinski definition) is 1. The number of hydrogen-bond acceptors (Lipinski definition) is 2. The van der Waals surface area contributed by atoms with E-state index in [1.54, 1.807) is 0 Å². The Balaban J connectivity index is 1.61. The van der Waals surface area contributed by atoms with E-state index in [4.69, 9.17) is 4.42 Å². The fraction of sp³-hybridized carbons (Fsp3) is 0. The highest BCUT2D eigenvalue weighted by Crippen LogP contribution is 2.29. The van der Waals surface area contributed by atoms with Crippen LogP contribution in [-0.4, -0.2) is 0 Å². The van der Waals surface area contributed by atoms with Gasteiger partial charge in [0.2, 0.25) is 0 Å².